The van der Waals surface area contributed by atoms with Crippen LogP contribution >= 0.6 is 11.3 Å². The second-order valence-corrected chi connectivity index (χ2v) is 9.62. The Morgan fingerprint density at radius 2 is 1.80 bits per heavy atom. The summed E-state index contributed by atoms with van der Waals surface area (Å²) < 4.78 is 0. The van der Waals surface area contributed by atoms with Crippen molar-refractivity contribution < 1.29 is 14.7 Å². The summed E-state index contributed by atoms with van der Waals surface area (Å²) in [5, 5.41) is 9.95. The van der Waals surface area contributed by atoms with E-state index in [1.54, 1.807) is 4.90 Å². The Morgan fingerprint density at radius 1 is 1.07 bits per heavy atom. The lowest BCUT2D eigenvalue weighted by molar-refractivity contribution is -0.122. The molecule has 0 radical (unpaired) electrons. The number of aromatic carboxylic acids is 1. The summed E-state index contributed by atoms with van der Waals surface area (Å²) in [5.74, 6) is -0.346. The highest BCUT2D eigenvalue weighted by atomic mass is 32.1. The van der Waals surface area contributed by atoms with E-state index >= 15 is 0 Å². The Hall–Kier alpha value is -2.40. The number of allylic oxidation sites excluding steroid dienone is 2. The van der Waals surface area contributed by atoms with Crippen LogP contribution in [0.4, 0.5) is 11.4 Å². The Morgan fingerprint density at radius 3 is 2.43 bits per heavy atom. The molecule has 4 nitrogen and oxygen atoms in total. The maximum atomic E-state index is 13.7. The second kappa shape index (κ2) is 9.17. The molecule has 2 aliphatic carbocycles. The SMILES string of the molecule is CC1CCC(C(=O)N(c2ccccc2)c2cc(C3=CCCCC3)sc2C(=O)O)CC1. The maximum Gasteiger partial charge on any atom is 0.348 e. The first-order chi connectivity index (χ1) is 14.5. The molecule has 0 saturated heterocycles. The lowest BCUT2D eigenvalue weighted by atomic mass is 9.82. The molecule has 30 heavy (non-hydrogen) atoms. The topological polar surface area (TPSA) is 57.6 Å². The van der Waals surface area contributed by atoms with Crippen LogP contribution < -0.4 is 4.90 Å². The number of benzene rings is 1. The van der Waals surface area contributed by atoms with Crippen molar-refractivity contribution in [2.24, 2.45) is 11.8 Å². The standard InChI is InChI=1S/C25H29NO3S/c1-17-12-14-19(15-13-17)24(27)26(20-10-6-3-7-11-20)21-16-22(30-23(21)25(28)29)18-8-4-2-5-9-18/h3,6-8,10-11,16-17,19H,2,4-5,9,12-15H2,1H3,(H,28,29). The van der Waals surface area contributed by atoms with Crippen LogP contribution in [0.25, 0.3) is 5.57 Å². The number of amides is 1. The molecule has 0 spiro atoms. The minimum atomic E-state index is -0.969. The Labute approximate surface area is 182 Å². The number of carboxylic acids is 1. The summed E-state index contributed by atoms with van der Waals surface area (Å²) in [4.78, 5) is 28.7. The minimum Gasteiger partial charge on any atom is -0.477 e. The van der Waals surface area contributed by atoms with Gasteiger partial charge in [0.2, 0.25) is 5.91 Å². The first-order valence-electron chi connectivity index (χ1n) is 11.0. The summed E-state index contributed by atoms with van der Waals surface area (Å²) in [5.41, 5.74) is 2.47. The van der Waals surface area contributed by atoms with E-state index in [2.05, 4.69) is 13.0 Å². The minimum absolute atomic E-state index is 0.0255. The van der Waals surface area contributed by atoms with Crippen LogP contribution in [0.5, 0.6) is 0 Å². The van der Waals surface area contributed by atoms with Gasteiger partial charge in [-0.2, -0.15) is 0 Å². The van der Waals surface area contributed by atoms with Crippen molar-refractivity contribution in [3.63, 3.8) is 0 Å². The summed E-state index contributed by atoms with van der Waals surface area (Å²) in [6.07, 6.45) is 10.4. The van der Waals surface area contributed by atoms with E-state index in [0.717, 1.165) is 55.5 Å². The Balaban J connectivity index is 1.77. The van der Waals surface area contributed by atoms with Gasteiger partial charge >= 0.3 is 5.97 Å². The molecule has 1 fully saturated rings. The number of para-hydroxylation sites is 1. The molecular formula is C25H29NO3S. The zero-order chi connectivity index (χ0) is 21.1. The molecule has 158 valence electrons. The number of carboxylic acid groups (broad SMARTS) is 1. The van der Waals surface area contributed by atoms with Crippen molar-refractivity contribution in [1.82, 2.24) is 0 Å². The van der Waals surface area contributed by atoms with Gasteiger partial charge < -0.3 is 5.11 Å². The van der Waals surface area contributed by atoms with E-state index < -0.39 is 5.97 Å². The number of carbonyl (C=O) groups excluding carboxylic acids is 1. The highest BCUT2D eigenvalue weighted by Gasteiger charge is 2.33. The zero-order valence-corrected chi connectivity index (χ0v) is 18.3. The van der Waals surface area contributed by atoms with Crippen molar-refractivity contribution in [1.29, 1.82) is 0 Å². The molecule has 0 atom stereocenters. The van der Waals surface area contributed by atoms with Crippen molar-refractivity contribution in [3.8, 4) is 0 Å². The van der Waals surface area contributed by atoms with E-state index in [9.17, 15) is 14.7 Å². The van der Waals surface area contributed by atoms with Gasteiger partial charge in [-0.15, -0.1) is 11.3 Å². The third-order valence-corrected chi connectivity index (χ3v) is 7.54. The van der Waals surface area contributed by atoms with Crippen LogP contribution in [-0.2, 0) is 4.79 Å². The van der Waals surface area contributed by atoms with Gasteiger partial charge in [0.25, 0.3) is 0 Å². The molecule has 1 saturated carbocycles. The van der Waals surface area contributed by atoms with Crippen LogP contribution in [0.1, 0.15) is 72.8 Å². The zero-order valence-electron chi connectivity index (χ0n) is 17.5. The van der Waals surface area contributed by atoms with Gasteiger partial charge in [-0.3, -0.25) is 9.69 Å². The number of hydrogen-bond donors (Lipinski definition) is 1. The molecule has 1 amide bonds. The smallest absolute Gasteiger partial charge is 0.348 e. The van der Waals surface area contributed by atoms with Gasteiger partial charge in [0, 0.05) is 16.5 Å². The molecule has 1 aromatic carbocycles. The summed E-state index contributed by atoms with van der Waals surface area (Å²) in [7, 11) is 0. The molecular weight excluding hydrogens is 394 g/mol. The molecule has 0 unspecified atom stereocenters. The average Bonchev–Trinajstić information content (AvgIpc) is 3.21. The number of rotatable bonds is 5. The number of thiophene rings is 1. The maximum absolute atomic E-state index is 13.7. The van der Waals surface area contributed by atoms with Crippen molar-refractivity contribution >= 4 is 40.2 Å². The van der Waals surface area contributed by atoms with Gasteiger partial charge in [-0.1, -0.05) is 31.2 Å². The largest absolute Gasteiger partial charge is 0.477 e. The molecule has 1 N–H and O–H groups in total. The van der Waals surface area contributed by atoms with Gasteiger partial charge in [0.05, 0.1) is 5.69 Å². The van der Waals surface area contributed by atoms with E-state index in [1.807, 2.05) is 36.4 Å². The van der Waals surface area contributed by atoms with Gasteiger partial charge in [0.15, 0.2) is 0 Å². The quantitative estimate of drug-likeness (QED) is 0.569. The van der Waals surface area contributed by atoms with Gasteiger partial charge in [-0.25, -0.2) is 4.79 Å². The molecule has 1 aromatic heterocycles. The number of carbonyl (C=O) groups is 2. The molecule has 5 heteroatoms. The van der Waals surface area contributed by atoms with Crippen molar-refractivity contribution in [3.05, 3.63) is 52.2 Å². The van der Waals surface area contributed by atoms with Gasteiger partial charge in [-0.05, 0) is 81.1 Å². The summed E-state index contributed by atoms with van der Waals surface area (Å²) in [6.45, 7) is 2.24. The van der Waals surface area contributed by atoms with E-state index in [0.29, 0.717) is 11.6 Å². The van der Waals surface area contributed by atoms with E-state index in [1.165, 1.54) is 23.3 Å². The van der Waals surface area contributed by atoms with Gasteiger partial charge in [0.1, 0.15) is 4.88 Å². The molecule has 2 aliphatic rings. The Bertz CT molecular complexity index is 939. The van der Waals surface area contributed by atoms with Crippen LogP contribution in [0.15, 0.2) is 42.5 Å². The predicted molar refractivity (Wildman–Crippen MR) is 122 cm³/mol. The number of anilines is 2. The van der Waals surface area contributed by atoms with Crippen molar-refractivity contribution in [2.45, 2.75) is 58.3 Å². The third kappa shape index (κ3) is 4.36. The lowest BCUT2D eigenvalue weighted by Crippen LogP contribution is -2.35. The van der Waals surface area contributed by atoms with Crippen molar-refractivity contribution in [2.75, 3.05) is 4.90 Å². The van der Waals surface area contributed by atoms with Crippen LogP contribution in [0, 0.1) is 11.8 Å². The van der Waals surface area contributed by atoms with Crippen LogP contribution in [0.2, 0.25) is 0 Å². The Kier molecular flexibility index (Phi) is 6.38. The second-order valence-electron chi connectivity index (χ2n) is 8.57. The fourth-order valence-electron chi connectivity index (χ4n) is 4.57. The monoisotopic (exact) mass is 423 g/mol. The summed E-state index contributed by atoms with van der Waals surface area (Å²) in [6, 6.07) is 11.4. The fourth-order valence-corrected chi connectivity index (χ4v) is 5.62. The average molecular weight is 424 g/mol. The molecule has 0 bridgehead atoms. The first-order valence-corrected chi connectivity index (χ1v) is 11.8. The number of nitrogens with zero attached hydrogens (tertiary/aromatic N) is 1. The van der Waals surface area contributed by atoms with Crippen LogP contribution in [0.3, 0.4) is 0 Å². The van der Waals surface area contributed by atoms with E-state index in [4.69, 9.17) is 0 Å². The number of hydrogen-bond acceptors (Lipinski definition) is 3. The molecule has 0 aliphatic heterocycles. The summed E-state index contributed by atoms with van der Waals surface area (Å²) >= 11 is 1.30. The normalized spacial score (nSPS) is 21.7. The molecule has 4 rings (SSSR count). The fraction of sp³-hybridized carbons (Fsp3) is 0.440. The highest BCUT2D eigenvalue weighted by Crippen LogP contribution is 2.42. The van der Waals surface area contributed by atoms with E-state index in [-0.39, 0.29) is 16.7 Å². The van der Waals surface area contributed by atoms with Crippen LogP contribution in [-0.4, -0.2) is 17.0 Å². The molecule has 2 aromatic rings. The predicted octanol–water partition coefficient (Wildman–Crippen LogP) is 6.89. The molecule has 1 heterocycles. The highest BCUT2D eigenvalue weighted by molar-refractivity contribution is 7.15. The lowest BCUT2D eigenvalue weighted by Gasteiger charge is -2.31. The third-order valence-electron chi connectivity index (χ3n) is 6.35. The first kappa shape index (κ1) is 20.9.